The Balaban J connectivity index is 3.14. The van der Waals surface area contributed by atoms with Gasteiger partial charge in [0.15, 0.2) is 0 Å². The zero-order valence-corrected chi connectivity index (χ0v) is 12.4. The van der Waals surface area contributed by atoms with Gasteiger partial charge in [-0.3, -0.25) is 10.1 Å². The Morgan fingerprint density at radius 1 is 1.37 bits per heavy atom. The van der Waals surface area contributed by atoms with Crippen LogP contribution in [0.5, 0.6) is 0 Å². The van der Waals surface area contributed by atoms with Crippen LogP contribution in [0.15, 0.2) is 23.1 Å². The molecule has 0 bridgehead atoms. The minimum Gasteiger partial charge on any atom is -0.258 e. The average molecular weight is 307 g/mol. The van der Waals surface area contributed by atoms with Gasteiger partial charge in [0.25, 0.3) is 5.69 Å². The van der Waals surface area contributed by atoms with Crippen molar-refractivity contribution in [3.05, 3.63) is 33.3 Å². The van der Waals surface area contributed by atoms with Crippen LogP contribution in [0.3, 0.4) is 0 Å². The van der Waals surface area contributed by atoms with E-state index in [9.17, 15) is 18.5 Å². The van der Waals surface area contributed by atoms with Gasteiger partial charge in [-0.25, -0.2) is 13.1 Å². The summed E-state index contributed by atoms with van der Waals surface area (Å²) in [6.45, 7) is 5.80. The molecule has 0 heterocycles. The minimum absolute atomic E-state index is 0.0491. The van der Waals surface area contributed by atoms with Gasteiger partial charge in [-0.05, 0) is 11.5 Å². The van der Waals surface area contributed by atoms with Crippen molar-refractivity contribution in [2.45, 2.75) is 25.7 Å². The molecule has 8 heteroatoms. The zero-order valence-electron chi connectivity index (χ0n) is 10.8. The maximum Gasteiger partial charge on any atom is 0.270 e. The highest BCUT2D eigenvalue weighted by atomic mass is 35.5. The number of sulfonamides is 1. The van der Waals surface area contributed by atoms with E-state index in [1.165, 1.54) is 6.07 Å². The smallest absolute Gasteiger partial charge is 0.258 e. The lowest BCUT2D eigenvalue weighted by Gasteiger charge is -2.19. The van der Waals surface area contributed by atoms with Gasteiger partial charge in [0, 0.05) is 18.7 Å². The molecule has 19 heavy (non-hydrogen) atoms. The van der Waals surface area contributed by atoms with Gasteiger partial charge in [-0.1, -0.05) is 32.4 Å². The molecule has 0 aliphatic heterocycles. The number of nitro benzene ring substituents is 1. The van der Waals surface area contributed by atoms with E-state index in [0.717, 1.165) is 12.1 Å². The van der Waals surface area contributed by atoms with Crippen molar-refractivity contribution in [3.8, 4) is 0 Å². The van der Waals surface area contributed by atoms with Crippen molar-refractivity contribution in [1.29, 1.82) is 0 Å². The Morgan fingerprint density at radius 2 is 1.95 bits per heavy atom. The molecule has 1 N–H and O–H groups in total. The van der Waals surface area contributed by atoms with Crippen LogP contribution in [0.4, 0.5) is 5.69 Å². The standard InChI is InChI=1S/C11H15ClN2O4S/c1-11(2,3)7-13-19(17,18)10-6-8(14(15)16)4-5-9(10)12/h4-6,13H,7H2,1-3H3. The molecule has 0 radical (unpaired) electrons. The summed E-state index contributed by atoms with van der Waals surface area (Å²) in [7, 11) is -3.87. The summed E-state index contributed by atoms with van der Waals surface area (Å²) in [5.41, 5.74) is -0.569. The molecule has 1 aromatic rings. The third kappa shape index (κ3) is 4.45. The first-order valence-corrected chi connectivity index (χ1v) is 7.33. The first-order valence-electron chi connectivity index (χ1n) is 5.46. The monoisotopic (exact) mass is 306 g/mol. The van der Waals surface area contributed by atoms with Crippen LogP contribution in [0.1, 0.15) is 20.8 Å². The SMILES string of the molecule is CC(C)(C)CNS(=O)(=O)c1cc([N+](=O)[O-])ccc1Cl. The summed E-state index contributed by atoms with van der Waals surface area (Å²) < 4.78 is 26.5. The Labute approximate surface area is 117 Å². The Bertz CT molecular complexity index is 593. The van der Waals surface area contributed by atoms with Crippen molar-refractivity contribution in [2.75, 3.05) is 6.54 Å². The number of nitro groups is 1. The molecule has 0 aliphatic rings. The molecular weight excluding hydrogens is 292 g/mol. The summed E-state index contributed by atoms with van der Waals surface area (Å²) in [6, 6.07) is 3.31. The van der Waals surface area contributed by atoms with Crippen molar-refractivity contribution < 1.29 is 13.3 Å². The molecule has 0 amide bonds. The van der Waals surface area contributed by atoms with E-state index in [1.807, 2.05) is 20.8 Å². The van der Waals surface area contributed by atoms with E-state index in [4.69, 9.17) is 11.6 Å². The van der Waals surface area contributed by atoms with Gasteiger partial charge >= 0.3 is 0 Å². The first kappa shape index (κ1) is 15.9. The van der Waals surface area contributed by atoms with Gasteiger partial charge in [-0.15, -0.1) is 0 Å². The average Bonchev–Trinajstić information content (AvgIpc) is 2.25. The van der Waals surface area contributed by atoms with Gasteiger partial charge in [0.1, 0.15) is 4.90 Å². The second-order valence-corrected chi connectivity index (χ2v) is 7.40. The molecule has 106 valence electrons. The van der Waals surface area contributed by atoms with Crippen molar-refractivity contribution in [1.82, 2.24) is 4.72 Å². The van der Waals surface area contributed by atoms with Crippen LogP contribution >= 0.6 is 11.6 Å². The van der Waals surface area contributed by atoms with Gasteiger partial charge in [0.2, 0.25) is 10.0 Å². The lowest BCUT2D eigenvalue weighted by atomic mass is 9.98. The van der Waals surface area contributed by atoms with E-state index in [-0.39, 0.29) is 27.6 Å². The highest BCUT2D eigenvalue weighted by Gasteiger charge is 2.23. The molecule has 6 nitrogen and oxygen atoms in total. The molecule has 0 saturated carbocycles. The summed E-state index contributed by atoms with van der Waals surface area (Å²) in [4.78, 5) is 9.70. The number of non-ortho nitro benzene ring substituents is 1. The second kappa shape index (κ2) is 5.44. The fraction of sp³-hybridized carbons (Fsp3) is 0.455. The number of rotatable bonds is 4. The van der Waals surface area contributed by atoms with Crippen LogP contribution < -0.4 is 4.72 Å². The van der Waals surface area contributed by atoms with Crippen molar-refractivity contribution in [2.24, 2.45) is 5.41 Å². The quantitative estimate of drug-likeness (QED) is 0.684. The number of hydrogen-bond acceptors (Lipinski definition) is 4. The first-order chi connectivity index (χ1) is 8.53. The lowest BCUT2D eigenvalue weighted by Crippen LogP contribution is -2.32. The third-order valence-electron chi connectivity index (χ3n) is 2.21. The lowest BCUT2D eigenvalue weighted by molar-refractivity contribution is -0.385. The molecule has 0 aromatic heterocycles. The Morgan fingerprint density at radius 3 is 2.42 bits per heavy atom. The molecule has 0 atom stereocenters. The van der Waals surface area contributed by atoms with Crippen LogP contribution in [0, 0.1) is 15.5 Å². The molecule has 0 spiro atoms. The number of benzene rings is 1. The van der Waals surface area contributed by atoms with Crippen molar-refractivity contribution in [3.63, 3.8) is 0 Å². The number of hydrogen-bond donors (Lipinski definition) is 1. The predicted octanol–water partition coefficient (Wildman–Crippen LogP) is 2.57. The fourth-order valence-electron chi connectivity index (χ4n) is 1.20. The maximum atomic E-state index is 12.1. The second-order valence-electron chi connectivity index (χ2n) is 5.26. The van der Waals surface area contributed by atoms with E-state index in [2.05, 4.69) is 4.72 Å². The molecule has 0 aliphatic carbocycles. The minimum atomic E-state index is -3.87. The number of nitrogens with zero attached hydrogens (tertiary/aromatic N) is 1. The molecule has 0 saturated heterocycles. The van der Waals surface area contributed by atoms with Crippen LogP contribution in [0.2, 0.25) is 5.02 Å². The van der Waals surface area contributed by atoms with Gasteiger partial charge in [0.05, 0.1) is 9.95 Å². The fourth-order valence-corrected chi connectivity index (χ4v) is 3.00. The van der Waals surface area contributed by atoms with Gasteiger partial charge < -0.3 is 0 Å². The summed E-state index contributed by atoms with van der Waals surface area (Å²) in [6.07, 6.45) is 0. The maximum absolute atomic E-state index is 12.1. The van der Waals surface area contributed by atoms with Crippen LogP contribution in [-0.4, -0.2) is 19.9 Å². The topological polar surface area (TPSA) is 89.3 Å². The summed E-state index contributed by atoms with van der Waals surface area (Å²) in [5, 5.41) is 10.6. The predicted molar refractivity (Wildman–Crippen MR) is 72.7 cm³/mol. The van der Waals surface area contributed by atoms with E-state index in [0.29, 0.717) is 0 Å². The normalized spacial score (nSPS) is 12.4. The molecule has 1 aromatic carbocycles. The summed E-state index contributed by atoms with van der Waals surface area (Å²) in [5.74, 6) is 0. The molecular formula is C11H15ClN2O4S. The highest BCUT2D eigenvalue weighted by Crippen LogP contribution is 2.26. The Kier molecular flexibility index (Phi) is 4.54. The van der Waals surface area contributed by atoms with Gasteiger partial charge in [-0.2, -0.15) is 0 Å². The molecule has 1 rings (SSSR count). The Hall–Kier alpha value is -1.18. The van der Waals surface area contributed by atoms with E-state index < -0.39 is 14.9 Å². The zero-order chi connectivity index (χ0) is 14.8. The highest BCUT2D eigenvalue weighted by molar-refractivity contribution is 7.89. The van der Waals surface area contributed by atoms with Crippen molar-refractivity contribution >= 4 is 27.3 Å². The third-order valence-corrected chi connectivity index (χ3v) is 4.09. The van der Waals surface area contributed by atoms with E-state index in [1.54, 1.807) is 0 Å². The number of nitrogens with one attached hydrogen (secondary N) is 1. The van der Waals surface area contributed by atoms with E-state index >= 15 is 0 Å². The largest absolute Gasteiger partial charge is 0.270 e. The van der Waals surface area contributed by atoms with Crippen LogP contribution in [-0.2, 0) is 10.0 Å². The van der Waals surface area contributed by atoms with Crippen LogP contribution in [0.25, 0.3) is 0 Å². The molecule has 0 fully saturated rings. The molecule has 0 unspecified atom stereocenters. The summed E-state index contributed by atoms with van der Waals surface area (Å²) >= 11 is 5.79. The number of halogens is 1.